The lowest BCUT2D eigenvalue weighted by Gasteiger charge is -2.13. The van der Waals surface area contributed by atoms with Gasteiger partial charge in [-0.05, 0) is 11.5 Å². The van der Waals surface area contributed by atoms with Gasteiger partial charge in [0.2, 0.25) is 5.91 Å². The number of carbonyl (C=O) groups is 2. The van der Waals surface area contributed by atoms with Gasteiger partial charge < -0.3 is 10.4 Å². The third-order valence-corrected chi connectivity index (χ3v) is 3.80. The molecule has 2 N–H and O–H groups in total. The number of aliphatic carboxylic acids is 1. The van der Waals surface area contributed by atoms with Crippen molar-refractivity contribution in [3.05, 3.63) is 36.5 Å². The number of fused-ring (bicyclic) bond motifs is 1. The van der Waals surface area contributed by atoms with E-state index in [4.69, 9.17) is 5.11 Å². The number of hydrogen-bond donors (Lipinski definition) is 2. The minimum atomic E-state index is -1.05. The molecule has 0 aliphatic carbocycles. The van der Waals surface area contributed by atoms with Crippen LogP contribution < -0.4 is 5.32 Å². The Morgan fingerprint density at radius 1 is 1.35 bits per heavy atom. The molecule has 0 saturated carbocycles. The molecule has 1 unspecified atom stereocenters. The molecule has 1 aromatic heterocycles. The first-order valence-electron chi connectivity index (χ1n) is 6.04. The summed E-state index contributed by atoms with van der Waals surface area (Å²) in [7, 11) is 0. The van der Waals surface area contributed by atoms with Crippen LogP contribution in [0.1, 0.15) is 6.92 Å². The number of nitrogens with one attached hydrogen (secondary N) is 1. The predicted molar refractivity (Wildman–Crippen MR) is 77.7 cm³/mol. The average Bonchev–Trinajstić information content (AvgIpc) is 2.42. The van der Waals surface area contributed by atoms with Crippen molar-refractivity contribution in [1.29, 1.82) is 0 Å². The second-order valence-corrected chi connectivity index (χ2v) is 5.25. The summed E-state index contributed by atoms with van der Waals surface area (Å²) in [5.74, 6) is -1.17. The molecule has 1 atom stereocenters. The molecule has 1 amide bonds. The Balaban J connectivity index is 2.15. The van der Waals surface area contributed by atoms with E-state index >= 15 is 0 Å². The summed E-state index contributed by atoms with van der Waals surface area (Å²) in [5, 5.41) is 14.3. The van der Waals surface area contributed by atoms with E-state index in [-0.39, 0.29) is 11.7 Å². The van der Waals surface area contributed by atoms with Crippen LogP contribution >= 0.6 is 11.8 Å². The van der Waals surface area contributed by atoms with E-state index in [1.54, 1.807) is 6.20 Å². The zero-order valence-corrected chi connectivity index (χ0v) is 11.7. The van der Waals surface area contributed by atoms with Gasteiger partial charge in [0.25, 0.3) is 0 Å². The van der Waals surface area contributed by atoms with Crippen LogP contribution in [0.25, 0.3) is 10.8 Å². The molecule has 0 radical (unpaired) electrons. The number of carbonyl (C=O) groups excluding carboxylic acids is 1. The van der Waals surface area contributed by atoms with E-state index in [0.29, 0.717) is 0 Å². The lowest BCUT2D eigenvalue weighted by atomic mass is 10.2. The smallest absolute Gasteiger partial charge is 0.327 e. The Kier molecular flexibility index (Phi) is 4.57. The van der Waals surface area contributed by atoms with Crippen molar-refractivity contribution >= 4 is 34.4 Å². The molecule has 0 aliphatic heterocycles. The Hall–Kier alpha value is -2.08. The minimum absolute atomic E-state index is 0.232. The third kappa shape index (κ3) is 3.48. The predicted octanol–water partition coefficient (Wildman–Crippen LogP) is 1.92. The molecule has 2 rings (SSSR count). The van der Waals surface area contributed by atoms with Gasteiger partial charge in [-0.2, -0.15) is 0 Å². The van der Waals surface area contributed by atoms with Crippen LogP contribution in [0.4, 0.5) is 0 Å². The third-order valence-electron chi connectivity index (χ3n) is 2.70. The number of amides is 1. The van der Waals surface area contributed by atoms with Gasteiger partial charge in [-0.25, -0.2) is 9.78 Å². The van der Waals surface area contributed by atoms with Crippen molar-refractivity contribution in [3.8, 4) is 0 Å². The van der Waals surface area contributed by atoms with Gasteiger partial charge in [0.05, 0.1) is 0 Å². The molecule has 20 heavy (non-hydrogen) atoms. The molecule has 2 aromatic rings. The normalized spacial score (nSPS) is 12.1. The highest BCUT2D eigenvalue weighted by Crippen LogP contribution is 2.25. The molecule has 0 fully saturated rings. The van der Waals surface area contributed by atoms with Crippen LogP contribution in [0, 0.1) is 0 Å². The van der Waals surface area contributed by atoms with E-state index < -0.39 is 12.0 Å². The quantitative estimate of drug-likeness (QED) is 0.822. The number of carboxylic acid groups (broad SMARTS) is 1. The van der Waals surface area contributed by atoms with Crippen molar-refractivity contribution in [3.63, 3.8) is 0 Å². The summed E-state index contributed by atoms with van der Waals surface area (Å²) in [4.78, 5) is 26.3. The SMILES string of the molecule is CC(=O)NC(CSc1nccc2ccccc12)C(=O)O. The minimum Gasteiger partial charge on any atom is -0.480 e. The van der Waals surface area contributed by atoms with E-state index in [9.17, 15) is 9.59 Å². The van der Waals surface area contributed by atoms with Crippen molar-refractivity contribution in [1.82, 2.24) is 10.3 Å². The Labute approximate surface area is 120 Å². The monoisotopic (exact) mass is 290 g/mol. The first kappa shape index (κ1) is 14.3. The molecular weight excluding hydrogens is 276 g/mol. The van der Waals surface area contributed by atoms with Crippen LogP contribution in [0.15, 0.2) is 41.6 Å². The Bertz CT molecular complexity index is 640. The Morgan fingerprint density at radius 3 is 2.80 bits per heavy atom. The van der Waals surface area contributed by atoms with E-state index in [1.165, 1.54) is 18.7 Å². The molecule has 1 heterocycles. The summed E-state index contributed by atoms with van der Waals surface area (Å²) in [5.41, 5.74) is 0. The fourth-order valence-electron chi connectivity index (χ4n) is 1.79. The average molecular weight is 290 g/mol. The van der Waals surface area contributed by atoms with Crippen LogP contribution in [-0.2, 0) is 9.59 Å². The molecule has 5 nitrogen and oxygen atoms in total. The number of thioether (sulfide) groups is 1. The second-order valence-electron chi connectivity index (χ2n) is 4.24. The van der Waals surface area contributed by atoms with Gasteiger partial charge in [-0.3, -0.25) is 4.79 Å². The molecule has 0 spiro atoms. The van der Waals surface area contributed by atoms with Crippen LogP contribution in [0.5, 0.6) is 0 Å². The van der Waals surface area contributed by atoms with E-state index in [2.05, 4.69) is 10.3 Å². The van der Waals surface area contributed by atoms with Gasteiger partial charge in [0.15, 0.2) is 0 Å². The molecule has 6 heteroatoms. The maximum absolute atomic E-state index is 11.1. The largest absolute Gasteiger partial charge is 0.480 e. The zero-order chi connectivity index (χ0) is 14.5. The Morgan fingerprint density at radius 2 is 2.10 bits per heavy atom. The lowest BCUT2D eigenvalue weighted by Crippen LogP contribution is -2.41. The number of hydrogen-bond acceptors (Lipinski definition) is 4. The van der Waals surface area contributed by atoms with Crippen molar-refractivity contribution in [2.24, 2.45) is 0 Å². The van der Waals surface area contributed by atoms with Gasteiger partial charge in [-0.1, -0.05) is 24.3 Å². The van der Waals surface area contributed by atoms with Gasteiger partial charge in [-0.15, -0.1) is 11.8 Å². The summed E-state index contributed by atoms with van der Waals surface area (Å²) in [6, 6.07) is 8.76. The molecule has 104 valence electrons. The number of carboxylic acids is 1. The fourth-order valence-corrected chi connectivity index (χ4v) is 2.82. The van der Waals surface area contributed by atoms with Crippen molar-refractivity contribution in [2.45, 2.75) is 18.0 Å². The molecule has 0 bridgehead atoms. The standard InChI is InChI=1S/C14H14N2O3S/c1-9(17)16-12(14(18)19)8-20-13-11-5-3-2-4-10(11)6-7-15-13/h2-7,12H,8H2,1H3,(H,16,17)(H,18,19). The lowest BCUT2D eigenvalue weighted by molar-refractivity contribution is -0.140. The van der Waals surface area contributed by atoms with Crippen molar-refractivity contribution in [2.75, 3.05) is 5.75 Å². The van der Waals surface area contributed by atoms with Crippen LogP contribution in [0.2, 0.25) is 0 Å². The van der Waals surface area contributed by atoms with E-state index in [1.807, 2.05) is 30.3 Å². The number of aromatic nitrogens is 1. The van der Waals surface area contributed by atoms with Gasteiger partial charge >= 0.3 is 5.97 Å². The summed E-state index contributed by atoms with van der Waals surface area (Å²) in [6.45, 7) is 1.30. The van der Waals surface area contributed by atoms with E-state index in [0.717, 1.165) is 15.8 Å². The highest BCUT2D eigenvalue weighted by atomic mass is 32.2. The van der Waals surface area contributed by atoms with Gasteiger partial charge in [0.1, 0.15) is 11.1 Å². The first-order chi connectivity index (χ1) is 9.58. The number of nitrogens with zero attached hydrogens (tertiary/aromatic N) is 1. The molecule has 0 aliphatic rings. The fraction of sp³-hybridized carbons (Fsp3) is 0.214. The highest BCUT2D eigenvalue weighted by molar-refractivity contribution is 7.99. The highest BCUT2D eigenvalue weighted by Gasteiger charge is 2.19. The number of rotatable bonds is 5. The second kappa shape index (κ2) is 6.38. The molecular formula is C14H14N2O3S. The first-order valence-corrected chi connectivity index (χ1v) is 7.03. The topological polar surface area (TPSA) is 79.3 Å². The van der Waals surface area contributed by atoms with Crippen molar-refractivity contribution < 1.29 is 14.7 Å². The van der Waals surface area contributed by atoms with Crippen LogP contribution in [-0.4, -0.2) is 33.8 Å². The van der Waals surface area contributed by atoms with Gasteiger partial charge in [0, 0.05) is 24.3 Å². The van der Waals surface area contributed by atoms with Crippen LogP contribution in [0.3, 0.4) is 0 Å². The molecule has 0 saturated heterocycles. The summed E-state index contributed by atoms with van der Waals surface area (Å²) < 4.78 is 0. The number of pyridine rings is 1. The zero-order valence-electron chi connectivity index (χ0n) is 10.9. The molecule has 1 aromatic carbocycles. The maximum Gasteiger partial charge on any atom is 0.327 e. The number of benzene rings is 1. The summed E-state index contributed by atoms with van der Waals surface area (Å²) >= 11 is 1.32. The summed E-state index contributed by atoms with van der Waals surface area (Å²) in [6.07, 6.45) is 1.69. The maximum atomic E-state index is 11.1.